The van der Waals surface area contributed by atoms with Crippen molar-refractivity contribution in [3.63, 3.8) is 0 Å². The Labute approximate surface area is 348 Å². The maximum Gasteiger partial charge on any atom is 0.324 e. The van der Waals surface area contributed by atoms with Crippen LogP contribution in [-0.2, 0) is 43.2 Å². The van der Waals surface area contributed by atoms with Gasteiger partial charge in [0.2, 0.25) is 5.91 Å². The van der Waals surface area contributed by atoms with E-state index in [1.807, 2.05) is 18.3 Å². The highest BCUT2D eigenvalue weighted by Crippen LogP contribution is 2.43. The first kappa shape index (κ1) is 41.0. The molecule has 5 atom stereocenters. The number of rotatable bonds is 7. The van der Waals surface area contributed by atoms with Crippen LogP contribution in [-0.4, -0.2) is 103 Å². The number of likely N-dealkylation sites (N-methyl/N-ethyl adjacent to an activating group) is 1. The van der Waals surface area contributed by atoms with Crippen LogP contribution in [0.25, 0.3) is 33.3 Å². The van der Waals surface area contributed by atoms with Gasteiger partial charge in [0.1, 0.15) is 12.1 Å². The van der Waals surface area contributed by atoms with Gasteiger partial charge in [-0.1, -0.05) is 51.1 Å². The highest BCUT2D eigenvalue weighted by atomic mass is 16.5. The SMILES string of the molecule is CCn1c(-c2cc(N3CCN(C)CC3)cnc2[C@H](C)OC)c2c3cc(ccc31)-c1cccc(c1)C[C@H](NC(=O)[C@H]1C[C@@H]1C)C(=O)N1CCC[C@H](N1)C(=O)OCC(C)(C)C2. The van der Waals surface area contributed by atoms with Crippen LogP contribution in [0.1, 0.15) is 76.8 Å². The maximum absolute atomic E-state index is 14.2. The minimum Gasteiger partial charge on any atom is -0.464 e. The molecule has 5 heterocycles. The van der Waals surface area contributed by atoms with E-state index in [1.165, 1.54) is 10.6 Å². The van der Waals surface area contributed by atoms with Crippen LogP contribution < -0.4 is 15.6 Å². The van der Waals surface area contributed by atoms with Crippen LogP contribution in [0.5, 0.6) is 0 Å². The molecule has 12 heteroatoms. The molecule has 2 N–H and O–H groups in total. The van der Waals surface area contributed by atoms with Crippen molar-refractivity contribution in [1.29, 1.82) is 0 Å². The molecule has 1 aliphatic carbocycles. The topological polar surface area (TPSA) is 121 Å². The van der Waals surface area contributed by atoms with Gasteiger partial charge in [0, 0.05) is 80.6 Å². The molecule has 4 aromatic rings. The number of benzene rings is 2. The first-order chi connectivity index (χ1) is 28.3. The Kier molecular flexibility index (Phi) is 11.6. The summed E-state index contributed by atoms with van der Waals surface area (Å²) in [6, 6.07) is 15.9. The Balaban J connectivity index is 1.28. The van der Waals surface area contributed by atoms with Crippen LogP contribution in [0.3, 0.4) is 0 Å². The molecular formula is C47H61N7O5. The van der Waals surface area contributed by atoms with Gasteiger partial charge in [0.05, 0.1) is 36.0 Å². The number of hydrazine groups is 1. The number of hydrogen-bond acceptors (Lipinski definition) is 9. The number of amides is 2. The predicted molar refractivity (Wildman–Crippen MR) is 231 cm³/mol. The number of hydrogen-bond donors (Lipinski definition) is 2. The number of methoxy groups -OCH3 is 1. The number of piperazine rings is 1. The van der Waals surface area contributed by atoms with E-state index < -0.39 is 17.5 Å². The number of aryl methyl sites for hydroxylation is 1. The number of nitrogens with zero attached hydrogens (tertiary/aromatic N) is 5. The maximum atomic E-state index is 14.2. The Hall–Kier alpha value is -4.78. The van der Waals surface area contributed by atoms with Gasteiger partial charge in [0.25, 0.3) is 5.91 Å². The third kappa shape index (κ3) is 8.49. The second-order valence-corrected chi connectivity index (χ2v) is 18.1. The summed E-state index contributed by atoms with van der Waals surface area (Å²) in [6.07, 6.45) is 4.72. The minimum atomic E-state index is -0.792. The fraction of sp³-hybridized carbons (Fsp3) is 0.532. The Morgan fingerprint density at radius 3 is 2.56 bits per heavy atom. The summed E-state index contributed by atoms with van der Waals surface area (Å²) in [5, 5.41) is 5.76. The number of cyclic esters (lactones) is 1. The molecule has 314 valence electrons. The van der Waals surface area contributed by atoms with Crippen molar-refractivity contribution in [2.24, 2.45) is 17.3 Å². The van der Waals surface area contributed by atoms with E-state index in [4.69, 9.17) is 14.5 Å². The zero-order chi connectivity index (χ0) is 41.6. The summed E-state index contributed by atoms with van der Waals surface area (Å²) in [7, 11) is 3.90. The lowest BCUT2D eigenvalue weighted by Crippen LogP contribution is -2.60. The van der Waals surface area contributed by atoms with Crippen molar-refractivity contribution in [3.05, 3.63) is 71.5 Å². The molecule has 4 aliphatic rings. The number of pyridine rings is 1. The lowest BCUT2D eigenvalue weighted by atomic mass is 9.84. The summed E-state index contributed by atoms with van der Waals surface area (Å²) in [6.45, 7) is 15.8. The number of anilines is 1. The molecule has 0 spiro atoms. The van der Waals surface area contributed by atoms with Gasteiger partial charge in [-0.15, -0.1) is 0 Å². The second-order valence-electron chi connectivity index (χ2n) is 18.1. The van der Waals surface area contributed by atoms with Crippen LogP contribution in [0.15, 0.2) is 54.7 Å². The van der Waals surface area contributed by atoms with Crippen molar-refractivity contribution in [2.75, 3.05) is 58.4 Å². The summed E-state index contributed by atoms with van der Waals surface area (Å²) >= 11 is 0. The highest BCUT2D eigenvalue weighted by Gasteiger charge is 2.42. The van der Waals surface area contributed by atoms with E-state index >= 15 is 0 Å². The molecule has 3 fully saturated rings. The zero-order valence-corrected chi connectivity index (χ0v) is 35.8. The molecule has 2 aromatic heterocycles. The van der Waals surface area contributed by atoms with Crippen molar-refractivity contribution in [1.82, 2.24) is 30.2 Å². The number of nitrogens with one attached hydrogen (secondary N) is 2. The van der Waals surface area contributed by atoms with E-state index in [0.29, 0.717) is 38.1 Å². The molecular weight excluding hydrogens is 743 g/mol. The van der Waals surface area contributed by atoms with Gasteiger partial charge in [-0.25, -0.2) is 5.43 Å². The average molecular weight is 804 g/mol. The molecule has 2 amide bonds. The quantitative estimate of drug-likeness (QED) is 0.212. The third-order valence-electron chi connectivity index (χ3n) is 13.0. The Morgan fingerprint density at radius 1 is 1.07 bits per heavy atom. The lowest BCUT2D eigenvalue weighted by molar-refractivity contribution is -0.155. The van der Waals surface area contributed by atoms with Crippen molar-refractivity contribution in [3.8, 4) is 22.4 Å². The summed E-state index contributed by atoms with van der Waals surface area (Å²) in [5.41, 5.74) is 12.2. The number of carbonyl (C=O) groups is 3. The lowest BCUT2D eigenvalue weighted by Gasteiger charge is -2.35. The Bertz CT molecular complexity index is 2230. The number of carbonyl (C=O) groups excluding carboxylic acids is 3. The molecule has 59 heavy (non-hydrogen) atoms. The highest BCUT2D eigenvalue weighted by molar-refractivity contribution is 5.96. The van der Waals surface area contributed by atoms with Crippen molar-refractivity contribution < 1.29 is 23.9 Å². The minimum absolute atomic E-state index is 0.0809. The number of ether oxygens (including phenoxy) is 2. The van der Waals surface area contributed by atoms with Crippen LogP contribution in [0, 0.1) is 17.3 Å². The van der Waals surface area contributed by atoms with Gasteiger partial charge in [-0.3, -0.25) is 24.4 Å². The third-order valence-corrected chi connectivity index (χ3v) is 13.0. The van der Waals surface area contributed by atoms with Gasteiger partial charge < -0.3 is 29.2 Å². The molecule has 12 nitrogen and oxygen atoms in total. The molecule has 2 aromatic carbocycles. The fourth-order valence-corrected chi connectivity index (χ4v) is 9.23. The smallest absolute Gasteiger partial charge is 0.324 e. The van der Waals surface area contributed by atoms with Crippen molar-refractivity contribution in [2.45, 2.75) is 91.5 Å². The molecule has 6 bridgehead atoms. The van der Waals surface area contributed by atoms with E-state index in [1.54, 1.807) is 7.11 Å². The fourth-order valence-electron chi connectivity index (χ4n) is 9.23. The zero-order valence-electron chi connectivity index (χ0n) is 35.8. The predicted octanol–water partition coefficient (Wildman–Crippen LogP) is 6.15. The van der Waals surface area contributed by atoms with Gasteiger partial charge in [-0.05, 0) is 92.9 Å². The van der Waals surface area contributed by atoms with Gasteiger partial charge in [-0.2, -0.15) is 0 Å². The first-order valence-corrected chi connectivity index (χ1v) is 21.6. The van der Waals surface area contributed by atoms with Crippen LogP contribution >= 0.6 is 0 Å². The molecule has 3 aliphatic heterocycles. The standard InChI is InChI=1S/C47H61N7O5/c1-8-53-41-15-14-33-24-36(41)38(43(53)37-25-34(27-48-42(37)30(3)58-7)52-19-17-51(6)18-20-52)26-47(4,5)28-59-46(57)39-13-10-16-54(50-39)45(56)40(49-44(55)35-21-29(35)2)23-31-11-9-12-32(33)22-31/h9,11-12,14-15,22,24-25,27,29-30,35,39-40,50H,8,10,13,16-21,23,26,28H2,1-7H3,(H,49,55)/t29-,30-,35-,39-,40-/m0/s1. The molecule has 8 rings (SSSR count). The summed E-state index contributed by atoms with van der Waals surface area (Å²) in [4.78, 5) is 51.3. The van der Waals surface area contributed by atoms with Gasteiger partial charge >= 0.3 is 5.97 Å². The number of aromatic nitrogens is 2. The van der Waals surface area contributed by atoms with Crippen molar-refractivity contribution >= 4 is 34.4 Å². The normalized spacial score (nSPS) is 24.4. The molecule has 1 saturated carbocycles. The summed E-state index contributed by atoms with van der Waals surface area (Å²) < 4.78 is 14.5. The summed E-state index contributed by atoms with van der Waals surface area (Å²) in [5.74, 6) is -0.493. The van der Waals surface area contributed by atoms with E-state index in [0.717, 1.165) is 89.4 Å². The van der Waals surface area contributed by atoms with E-state index in [2.05, 4.69) is 103 Å². The van der Waals surface area contributed by atoms with Crippen LogP contribution in [0.2, 0.25) is 0 Å². The number of fused-ring (bicyclic) bond motifs is 6. The first-order valence-electron chi connectivity index (χ1n) is 21.6. The second kappa shape index (κ2) is 16.7. The van der Waals surface area contributed by atoms with E-state index in [9.17, 15) is 14.4 Å². The van der Waals surface area contributed by atoms with Gasteiger partial charge in [0.15, 0.2) is 0 Å². The molecule has 2 saturated heterocycles. The largest absolute Gasteiger partial charge is 0.464 e. The van der Waals surface area contributed by atoms with E-state index in [-0.39, 0.29) is 36.4 Å². The molecule has 0 unspecified atom stereocenters. The van der Waals surface area contributed by atoms with Crippen LogP contribution in [0.4, 0.5) is 5.69 Å². The monoisotopic (exact) mass is 803 g/mol. The Morgan fingerprint density at radius 2 is 1.83 bits per heavy atom. The molecule has 0 radical (unpaired) electrons. The average Bonchev–Trinajstić information content (AvgIpc) is 3.91. The number of esters is 1.